The monoisotopic (exact) mass is 466 g/mol. The first-order valence-electron chi connectivity index (χ1n) is 11.2. The van der Waals surface area contributed by atoms with Crippen molar-refractivity contribution in [2.24, 2.45) is 4.99 Å². The smallest absolute Gasteiger partial charge is 0.338 e. The molecule has 0 fully saturated rings. The zero-order valence-electron chi connectivity index (χ0n) is 18.5. The highest BCUT2D eigenvalue weighted by atomic mass is 32.1. The minimum absolute atomic E-state index is 0.224. The average Bonchev–Trinajstić information content (AvgIpc) is 3.51. The lowest BCUT2D eigenvalue weighted by molar-refractivity contribution is 0.0473. The van der Waals surface area contributed by atoms with Crippen molar-refractivity contribution in [3.8, 4) is 17.4 Å². The second-order valence-electron chi connectivity index (χ2n) is 8.11. The van der Waals surface area contributed by atoms with E-state index in [0.717, 1.165) is 35.4 Å². The Morgan fingerprint density at radius 2 is 1.94 bits per heavy atom. The summed E-state index contributed by atoms with van der Waals surface area (Å²) in [5, 5.41) is 10.4. The van der Waals surface area contributed by atoms with E-state index in [1.807, 2.05) is 48.5 Å². The molecule has 0 amide bonds. The summed E-state index contributed by atoms with van der Waals surface area (Å²) in [5.41, 5.74) is 4.04. The molecule has 5 rings (SSSR count). The summed E-state index contributed by atoms with van der Waals surface area (Å²) in [4.78, 5) is 18.4. The minimum atomic E-state index is -0.384. The first-order valence-corrected chi connectivity index (χ1v) is 12.0. The summed E-state index contributed by atoms with van der Waals surface area (Å²) < 4.78 is 11.4. The number of aryl methyl sites for hydroxylation is 1. The maximum Gasteiger partial charge on any atom is 0.338 e. The third-order valence-corrected chi connectivity index (χ3v) is 7.00. The van der Waals surface area contributed by atoms with E-state index in [9.17, 15) is 10.1 Å². The number of benzene rings is 2. The topological polar surface area (TPSA) is 75.6 Å². The Kier molecular flexibility index (Phi) is 6.37. The van der Waals surface area contributed by atoms with Gasteiger partial charge in [-0.2, -0.15) is 5.26 Å². The lowest BCUT2D eigenvalue weighted by atomic mass is 9.96. The fourth-order valence-corrected chi connectivity index (χ4v) is 5.25. The van der Waals surface area contributed by atoms with Crippen LogP contribution in [-0.4, -0.2) is 12.2 Å². The van der Waals surface area contributed by atoms with Gasteiger partial charge in [-0.05, 0) is 61.1 Å². The van der Waals surface area contributed by atoms with Gasteiger partial charge in [-0.25, -0.2) is 9.79 Å². The molecule has 2 aromatic carbocycles. The minimum Gasteiger partial charge on any atom is -0.457 e. The fourth-order valence-electron chi connectivity index (χ4n) is 4.06. The molecule has 1 aliphatic rings. The molecular formula is C28H22N2O3S. The molecule has 0 bridgehead atoms. The Labute approximate surface area is 202 Å². The van der Waals surface area contributed by atoms with Crippen LogP contribution in [0.15, 0.2) is 76.1 Å². The van der Waals surface area contributed by atoms with Gasteiger partial charge in [0.2, 0.25) is 0 Å². The molecular weight excluding hydrogens is 444 g/mol. The third kappa shape index (κ3) is 4.70. The van der Waals surface area contributed by atoms with Crippen molar-refractivity contribution in [1.29, 1.82) is 5.26 Å². The van der Waals surface area contributed by atoms with Crippen LogP contribution in [-0.2, 0) is 24.2 Å². The van der Waals surface area contributed by atoms with Crippen LogP contribution >= 0.6 is 11.3 Å². The van der Waals surface area contributed by atoms with Crippen LogP contribution < -0.4 is 0 Å². The zero-order valence-corrected chi connectivity index (χ0v) is 19.3. The van der Waals surface area contributed by atoms with Gasteiger partial charge in [0.1, 0.15) is 29.2 Å². The highest BCUT2D eigenvalue weighted by Crippen LogP contribution is 2.39. The Morgan fingerprint density at radius 3 is 2.79 bits per heavy atom. The highest BCUT2D eigenvalue weighted by molar-refractivity contribution is 7.16. The molecule has 6 heteroatoms. The number of furan rings is 1. The van der Waals surface area contributed by atoms with Gasteiger partial charge in [-0.15, -0.1) is 11.3 Å². The number of fused-ring (bicyclic) bond motifs is 1. The van der Waals surface area contributed by atoms with Crippen LogP contribution in [0.1, 0.15) is 50.5 Å². The van der Waals surface area contributed by atoms with Crippen molar-refractivity contribution in [2.45, 2.75) is 32.3 Å². The van der Waals surface area contributed by atoms with Gasteiger partial charge in [0, 0.05) is 10.4 Å². The van der Waals surface area contributed by atoms with Crippen LogP contribution in [0.25, 0.3) is 11.3 Å². The zero-order chi connectivity index (χ0) is 23.3. The molecule has 0 aliphatic heterocycles. The Morgan fingerprint density at radius 1 is 1.09 bits per heavy atom. The van der Waals surface area contributed by atoms with E-state index < -0.39 is 0 Å². The number of aliphatic imine (C=N–C) groups is 1. The summed E-state index contributed by atoms with van der Waals surface area (Å²) in [6, 6.07) is 22.8. The van der Waals surface area contributed by atoms with Gasteiger partial charge in [0.05, 0.1) is 17.3 Å². The lowest BCUT2D eigenvalue weighted by Crippen LogP contribution is -2.05. The molecule has 168 valence electrons. The van der Waals surface area contributed by atoms with E-state index in [1.54, 1.807) is 35.8 Å². The van der Waals surface area contributed by atoms with E-state index in [-0.39, 0.29) is 12.6 Å². The maximum atomic E-state index is 12.5. The molecule has 0 saturated heterocycles. The predicted octanol–water partition coefficient (Wildman–Crippen LogP) is 6.87. The van der Waals surface area contributed by atoms with Crippen molar-refractivity contribution in [3.05, 3.63) is 99.6 Å². The number of rotatable bonds is 6. The SMILES string of the molecule is N#Cc1c(N=Cc2ccc(-c3cccc(C(=O)OCc4ccccc4)c3)o2)sc2c1CCCC2. The number of nitriles is 1. The molecule has 0 radical (unpaired) electrons. The van der Waals surface area contributed by atoms with Crippen LogP contribution in [0.4, 0.5) is 5.00 Å². The molecule has 5 nitrogen and oxygen atoms in total. The number of carbonyl (C=O) groups is 1. The number of ether oxygens (including phenoxy) is 1. The van der Waals surface area contributed by atoms with Crippen LogP contribution in [0, 0.1) is 11.3 Å². The van der Waals surface area contributed by atoms with E-state index in [4.69, 9.17) is 9.15 Å². The van der Waals surface area contributed by atoms with E-state index >= 15 is 0 Å². The first-order chi connectivity index (χ1) is 16.7. The van der Waals surface area contributed by atoms with E-state index in [0.29, 0.717) is 22.6 Å². The summed E-state index contributed by atoms with van der Waals surface area (Å²) in [5.74, 6) is 0.831. The molecule has 0 saturated carbocycles. The second kappa shape index (κ2) is 9.90. The van der Waals surface area contributed by atoms with Gasteiger partial charge >= 0.3 is 5.97 Å². The number of hydrogen-bond donors (Lipinski definition) is 0. The van der Waals surface area contributed by atoms with Crippen molar-refractivity contribution >= 4 is 28.5 Å². The predicted molar refractivity (Wildman–Crippen MR) is 133 cm³/mol. The summed E-state index contributed by atoms with van der Waals surface area (Å²) in [7, 11) is 0. The standard InChI is InChI=1S/C28H22N2O3S/c29-16-24-23-11-4-5-12-26(23)34-27(24)30-17-22-13-14-25(33-22)20-9-6-10-21(15-20)28(31)32-18-19-7-2-1-3-8-19/h1-3,6-10,13-15,17H,4-5,11-12,18H2. The largest absolute Gasteiger partial charge is 0.457 e. The fraction of sp³-hybridized carbons (Fsp3) is 0.179. The summed E-state index contributed by atoms with van der Waals surface area (Å²) >= 11 is 1.60. The van der Waals surface area contributed by atoms with Crippen molar-refractivity contribution in [2.75, 3.05) is 0 Å². The van der Waals surface area contributed by atoms with Gasteiger partial charge in [0.15, 0.2) is 0 Å². The van der Waals surface area contributed by atoms with Gasteiger partial charge in [0.25, 0.3) is 0 Å². The number of hydrogen-bond acceptors (Lipinski definition) is 6. The van der Waals surface area contributed by atoms with E-state index in [1.165, 1.54) is 16.9 Å². The third-order valence-electron chi connectivity index (χ3n) is 5.80. The molecule has 4 aromatic rings. The normalized spacial score (nSPS) is 12.9. The van der Waals surface area contributed by atoms with Crippen molar-refractivity contribution < 1.29 is 13.9 Å². The second-order valence-corrected chi connectivity index (χ2v) is 9.19. The quantitative estimate of drug-likeness (QED) is 0.230. The van der Waals surface area contributed by atoms with Crippen LogP contribution in [0.2, 0.25) is 0 Å². The first kappa shape index (κ1) is 21.9. The molecule has 0 N–H and O–H groups in total. The highest BCUT2D eigenvalue weighted by Gasteiger charge is 2.20. The number of nitrogens with zero attached hydrogens (tertiary/aromatic N) is 2. The molecule has 2 aromatic heterocycles. The number of carbonyl (C=O) groups excluding carboxylic acids is 1. The number of thiophene rings is 1. The average molecular weight is 467 g/mol. The molecule has 0 atom stereocenters. The molecule has 1 aliphatic carbocycles. The molecule has 0 spiro atoms. The van der Waals surface area contributed by atoms with Crippen LogP contribution in [0.5, 0.6) is 0 Å². The molecule has 0 unspecified atom stereocenters. The van der Waals surface area contributed by atoms with Crippen molar-refractivity contribution in [1.82, 2.24) is 0 Å². The Balaban J connectivity index is 1.30. The lowest BCUT2D eigenvalue weighted by Gasteiger charge is -2.09. The summed E-state index contributed by atoms with van der Waals surface area (Å²) in [6.45, 7) is 0.224. The Bertz CT molecular complexity index is 1390. The van der Waals surface area contributed by atoms with Crippen molar-refractivity contribution in [3.63, 3.8) is 0 Å². The van der Waals surface area contributed by atoms with Gasteiger partial charge in [-0.3, -0.25) is 0 Å². The van der Waals surface area contributed by atoms with Gasteiger partial charge < -0.3 is 9.15 Å². The molecule has 34 heavy (non-hydrogen) atoms. The maximum absolute atomic E-state index is 12.5. The summed E-state index contributed by atoms with van der Waals surface area (Å²) in [6.07, 6.45) is 5.93. The van der Waals surface area contributed by atoms with Gasteiger partial charge in [-0.1, -0.05) is 42.5 Å². The molecule has 2 heterocycles. The Hall–Kier alpha value is -3.95. The van der Waals surface area contributed by atoms with Crippen LogP contribution in [0.3, 0.4) is 0 Å². The number of esters is 1. The van der Waals surface area contributed by atoms with E-state index in [2.05, 4.69) is 11.1 Å².